The van der Waals surface area contributed by atoms with Gasteiger partial charge in [0.15, 0.2) is 0 Å². The Morgan fingerprint density at radius 2 is 1.75 bits per heavy atom. The van der Waals surface area contributed by atoms with Crippen molar-refractivity contribution in [3.05, 3.63) is 0 Å². The van der Waals surface area contributed by atoms with Crippen LogP contribution in [0.4, 0.5) is 0 Å². The average molecular weight is 288 g/mol. The van der Waals surface area contributed by atoms with Crippen molar-refractivity contribution in [2.24, 2.45) is 17.8 Å². The van der Waals surface area contributed by atoms with Gasteiger partial charge in [-0.15, -0.1) is 0 Å². The highest BCUT2D eigenvalue weighted by Crippen LogP contribution is 2.28. The van der Waals surface area contributed by atoms with Crippen molar-refractivity contribution in [3.63, 3.8) is 0 Å². The summed E-state index contributed by atoms with van der Waals surface area (Å²) in [4.78, 5) is 21.9. The van der Waals surface area contributed by atoms with Crippen molar-refractivity contribution in [1.29, 1.82) is 0 Å². The minimum atomic E-state index is -0.500. The van der Waals surface area contributed by atoms with E-state index in [1.54, 1.807) is 0 Å². The first kappa shape index (κ1) is 19.4. The molecule has 0 saturated carbocycles. The fourth-order valence-electron chi connectivity index (χ4n) is 2.02. The van der Waals surface area contributed by atoms with E-state index < -0.39 is 5.60 Å². The van der Waals surface area contributed by atoms with E-state index >= 15 is 0 Å². The first-order chi connectivity index (χ1) is 9.26. The molecule has 120 valence electrons. The maximum atomic E-state index is 11.8. The molecule has 0 radical (unpaired) electrons. The number of unbranched alkanes of at least 4 members (excludes halogenated alkanes) is 1. The van der Waals surface area contributed by atoms with Gasteiger partial charge in [-0.25, -0.2) is 4.79 Å². The molecule has 0 bridgehead atoms. The molecular weight excluding hydrogens is 256 g/mol. The van der Waals surface area contributed by atoms with Crippen LogP contribution in [-0.2, 0) is 19.6 Å². The molecule has 0 aromatic heterocycles. The predicted octanol–water partition coefficient (Wildman–Crippen LogP) is 4.68. The van der Waals surface area contributed by atoms with E-state index in [1.807, 2.05) is 20.8 Å². The zero-order chi connectivity index (χ0) is 15.8. The lowest BCUT2D eigenvalue weighted by atomic mass is 9.84. The minimum Gasteiger partial charge on any atom is -0.269 e. The highest BCUT2D eigenvalue weighted by molar-refractivity contribution is 5.71. The molecule has 0 N–H and O–H groups in total. The van der Waals surface area contributed by atoms with Crippen LogP contribution < -0.4 is 0 Å². The SMILES string of the molecule is CCCCC(CC)C(=O)OOOC(C)(C)C(C)C(C)C. The van der Waals surface area contributed by atoms with E-state index in [4.69, 9.17) is 14.8 Å². The Kier molecular flexibility index (Phi) is 9.06. The lowest BCUT2D eigenvalue weighted by molar-refractivity contribution is -0.523. The van der Waals surface area contributed by atoms with Gasteiger partial charge >= 0.3 is 5.97 Å². The van der Waals surface area contributed by atoms with Gasteiger partial charge in [-0.2, -0.15) is 4.89 Å². The molecule has 20 heavy (non-hydrogen) atoms. The van der Waals surface area contributed by atoms with Gasteiger partial charge in [-0.05, 0) is 43.6 Å². The van der Waals surface area contributed by atoms with Crippen LogP contribution in [0.1, 0.15) is 74.1 Å². The first-order valence-corrected chi connectivity index (χ1v) is 7.82. The summed E-state index contributed by atoms with van der Waals surface area (Å²) in [5, 5.41) is 4.74. The second-order valence-corrected chi connectivity index (χ2v) is 6.44. The monoisotopic (exact) mass is 288 g/mol. The number of carbonyl (C=O) groups is 1. The van der Waals surface area contributed by atoms with Crippen LogP contribution in [0.2, 0.25) is 0 Å². The summed E-state index contributed by atoms with van der Waals surface area (Å²) < 4.78 is 0. The first-order valence-electron chi connectivity index (χ1n) is 7.82. The number of hydrogen-bond acceptors (Lipinski definition) is 4. The Balaban J connectivity index is 4.18. The summed E-state index contributed by atoms with van der Waals surface area (Å²) in [6.07, 6.45) is 3.68. The molecule has 0 aromatic carbocycles. The summed E-state index contributed by atoms with van der Waals surface area (Å²) in [6, 6.07) is 0. The van der Waals surface area contributed by atoms with Gasteiger partial charge in [0.05, 0.1) is 5.92 Å². The summed E-state index contributed by atoms with van der Waals surface area (Å²) in [5.41, 5.74) is -0.500. The molecule has 0 aliphatic carbocycles. The van der Waals surface area contributed by atoms with Crippen LogP contribution in [0, 0.1) is 17.8 Å². The molecule has 0 heterocycles. The lowest BCUT2D eigenvalue weighted by Gasteiger charge is -2.31. The summed E-state index contributed by atoms with van der Waals surface area (Å²) in [6.45, 7) is 14.3. The second-order valence-electron chi connectivity index (χ2n) is 6.44. The normalized spacial score (nSPS) is 15.2. The van der Waals surface area contributed by atoms with Crippen molar-refractivity contribution < 1.29 is 19.6 Å². The smallest absolute Gasteiger partial charge is 0.269 e. The van der Waals surface area contributed by atoms with Gasteiger partial charge < -0.3 is 0 Å². The Morgan fingerprint density at radius 3 is 2.20 bits per heavy atom. The number of hydrogen-bond donors (Lipinski definition) is 0. The fourth-order valence-corrected chi connectivity index (χ4v) is 2.02. The van der Waals surface area contributed by atoms with Crippen molar-refractivity contribution >= 4 is 5.97 Å². The Hall–Kier alpha value is -0.610. The van der Waals surface area contributed by atoms with Gasteiger partial charge in [-0.3, -0.25) is 4.89 Å². The van der Waals surface area contributed by atoms with Crippen LogP contribution in [-0.4, -0.2) is 11.6 Å². The average Bonchev–Trinajstić information content (AvgIpc) is 2.38. The molecule has 0 amide bonds. The van der Waals surface area contributed by atoms with Gasteiger partial charge in [0.25, 0.3) is 0 Å². The summed E-state index contributed by atoms with van der Waals surface area (Å²) in [7, 11) is 0. The number of rotatable bonds is 10. The van der Waals surface area contributed by atoms with Crippen molar-refractivity contribution in [2.45, 2.75) is 79.8 Å². The third kappa shape index (κ3) is 6.71. The number of carbonyl (C=O) groups excluding carboxylic acids is 1. The Morgan fingerprint density at radius 1 is 1.15 bits per heavy atom. The Bertz CT molecular complexity index is 274. The molecule has 0 rings (SSSR count). The van der Waals surface area contributed by atoms with Crippen molar-refractivity contribution in [1.82, 2.24) is 0 Å². The molecule has 4 nitrogen and oxygen atoms in total. The summed E-state index contributed by atoms with van der Waals surface area (Å²) in [5.74, 6) is 0.290. The zero-order valence-electron chi connectivity index (χ0n) is 14.2. The standard InChI is InChI=1S/C16H32O4/c1-8-10-11-14(9-2)15(17)18-20-19-16(6,7)13(5)12(3)4/h12-14H,8-11H2,1-7H3. The van der Waals surface area contributed by atoms with E-state index in [2.05, 4.69) is 27.7 Å². The van der Waals surface area contributed by atoms with Gasteiger partial charge in [0, 0.05) is 0 Å². The molecule has 0 spiro atoms. The highest BCUT2D eigenvalue weighted by Gasteiger charge is 2.31. The quantitative estimate of drug-likeness (QED) is 0.432. The second kappa shape index (κ2) is 9.35. The topological polar surface area (TPSA) is 44.8 Å². The fraction of sp³-hybridized carbons (Fsp3) is 0.938. The van der Waals surface area contributed by atoms with Crippen LogP contribution in [0.15, 0.2) is 0 Å². The van der Waals surface area contributed by atoms with E-state index in [1.165, 1.54) is 0 Å². The van der Waals surface area contributed by atoms with Crippen LogP contribution >= 0.6 is 0 Å². The zero-order valence-corrected chi connectivity index (χ0v) is 14.2. The van der Waals surface area contributed by atoms with Crippen LogP contribution in [0.3, 0.4) is 0 Å². The maximum Gasteiger partial charge on any atom is 0.348 e. The minimum absolute atomic E-state index is 0.107. The van der Waals surface area contributed by atoms with E-state index in [9.17, 15) is 4.79 Å². The molecule has 0 fully saturated rings. The highest BCUT2D eigenvalue weighted by atomic mass is 17.5. The molecule has 0 aromatic rings. The third-order valence-corrected chi connectivity index (χ3v) is 4.19. The molecular formula is C16H32O4. The molecule has 4 heteroatoms. The molecule has 2 unspecified atom stereocenters. The predicted molar refractivity (Wildman–Crippen MR) is 79.6 cm³/mol. The van der Waals surface area contributed by atoms with Gasteiger partial charge in [0.1, 0.15) is 5.60 Å². The lowest BCUT2D eigenvalue weighted by Crippen LogP contribution is -2.36. The Labute approximate surface area is 124 Å². The third-order valence-electron chi connectivity index (χ3n) is 4.19. The molecule has 0 aliphatic heterocycles. The van der Waals surface area contributed by atoms with Crippen LogP contribution in [0.5, 0.6) is 0 Å². The molecule has 0 saturated heterocycles. The van der Waals surface area contributed by atoms with Gasteiger partial charge in [-0.1, -0.05) is 47.5 Å². The van der Waals surface area contributed by atoms with Crippen molar-refractivity contribution in [3.8, 4) is 0 Å². The molecule has 0 aliphatic rings. The largest absolute Gasteiger partial charge is 0.348 e. The van der Waals surface area contributed by atoms with Crippen molar-refractivity contribution in [2.75, 3.05) is 0 Å². The van der Waals surface area contributed by atoms with Crippen LogP contribution in [0.25, 0.3) is 0 Å². The van der Waals surface area contributed by atoms with E-state index in [0.717, 1.165) is 25.7 Å². The summed E-state index contributed by atoms with van der Waals surface area (Å²) >= 11 is 0. The molecule has 2 atom stereocenters. The maximum absolute atomic E-state index is 11.8. The van der Waals surface area contributed by atoms with E-state index in [-0.39, 0.29) is 17.8 Å². The van der Waals surface area contributed by atoms with E-state index in [0.29, 0.717) is 5.92 Å². The van der Waals surface area contributed by atoms with Gasteiger partial charge in [0.2, 0.25) is 0 Å².